The molecular weight excluding hydrogens is 524 g/mol. The average Bonchev–Trinajstić information content (AvgIpc) is 3.25. The first-order valence-corrected chi connectivity index (χ1v) is 15.5. The highest BCUT2D eigenvalue weighted by molar-refractivity contribution is 8.00. The molecule has 40 heavy (non-hydrogen) atoms. The van der Waals surface area contributed by atoms with E-state index in [1.807, 2.05) is 68.4 Å². The Labute approximate surface area is 243 Å². The van der Waals surface area contributed by atoms with E-state index in [4.69, 9.17) is 4.74 Å². The Morgan fingerprint density at radius 3 is 2.17 bits per heavy atom. The van der Waals surface area contributed by atoms with Gasteiger partial charge < -0.3 is 10.1 Å². The van der Waals surface area contributed by atoms with Crippen LogP contribution in [0.15, 0.2) is 54.6 Å². The molecule has 1 aliphatic carbocycles. The quantitative estimate of drug-likeness (QED) is 0.202. The van der Waals surface area contributed by atoms with Crippen LogP contribution in [-0.2, 0) is 29.5 Å². The maximum Gasteiger partial charge on any atom is 0.309 e. The van der Waals surface area contributed by atoms with Gasteiger partial charge in [0.05, 0.1) is 29.7 Å². The maximum atomic E-state index is 13.3. The van der Waals surface area contributed by atoms with Crippen LogP contribution in [0, 0.1) is 11.8 Å². The Morgan fingerprint density at radius 1 is 0.925 bits per heavy atom. The predicted octanol–water partition coefficient (Wildman–Crippen LogP) is 5.56. The summed E-state index contributed by atoms with van der Waals surface area (Å²) >= 11 is 1.57. The molecule has 0 aromatic heterocycles. The van der Waals surface area contributed by atoms with Gasteiger partial charge in [0.15, 0.2) is 0 Å². The molecule has 0 spiro atoms. The minimum absolute atomic E-state index is 0.0383. The van der Waals surface area contributed by atoms with Gasteiger partial charge in [-0.3, -0.25) is 24.1 Å². The Bertz CT molecular complexity index is 1070. The van der Waals surface area contributed by atoms with Crippen molar-refractivity contribution >= 4 is 35.5 Å². The number of nitrogens with zero attached hydrogens (tertiary/aromatic N) is 1. The van der Waals surface area contributed by atoms with Crippen molar-refractivity contribution in [1.82, 2.24) is 10.2 Å². The molecule has 2 fully saturated rings. The number of thioether (sulfide) groups is 1. The highest BCUT2D eigenvalue weighted by Crippen LogP contribution is 2.36. The Morgan fingerprint density at radius 2 is 1.52 bits per heavy atom. The molecule has 218 valence electrons. The van der Waals surface area contributed by atoms with Gasteiger partial charge in [0.1, 0.15) is 0 Å². The number of unbranched alkanes of at least 4 members (excludes halogenated alkanes) is 3. The summed E-state index contributed by atoms with van der Waals surface area (Å²) in [7, 11) is 1.38. The van der Waals surface area contributed by atoms with Crippen LogP contribution < -0.4 is 5.32 Å². The Balaban J connectivity index is 1.39. The smallest absolute Gasteiger partial charge is 0.309 e. The summed E-state index contributed by atoms with van der Waals surface area (Å²) in [5.41, 5.74) is 0.146. The van der Waals surface area contributed by atoms with E-state index >= 15 is 0 Å². The van der Waals surface area contributed by atoms with Crippen LogP contribution in [0.3, 0.4) is 0 Å². The van der Waals surface area contributed by atoms with Crippen molar-refractivity contribution in [3.8, 4) is 0 Å². The lowest BCUT2D eigenvalue weighted by atomic mass is 9.78. The third kappa shape index (κ3) is 8.56. The fraction of sp³-hybridized carbons (Fsp3) is 0.562. The Hall–Kier alpha value is -2.87. The third-order valence-corrected chi connectivity index (χ3v) is 9.18. The number of hydrogen-bond acceptors (Lipinski definition) is 6. The number of amides is 3. The molecule has 3 amide bonds. The van der Waals surface area contributed by atoms with Crippen molar-refractivity contribution in [2.75, 3.05) is 19.4 Å². The predicted molar refractivity (Wildman–Crippen MR) is 159 cm³/mol. The third-order valence-electron chi connectivity index (χ3n) is 7.88. The number of carbonyl (C=O) groups is 4. The van der Waals surface area contributed by atoms with E-state index in [1.165, 1.54) is 12.0 Å². The van der Waals surface area contributed by atoms with E-state index in [9.17, 15) is 19.2 Å². The van der Waals surface area contributed by atoms with Crippen molar-refractivity contribution in [2.24, 2.45) is 11.8 Å². The lowest BCUT2D eigenvalue weighted by Gasteiger charge is -2.34. The summed E-state index contributed by atoms with van der Waals surface area (Å²) in [4.78, 5) is 52.3. The van der Waals surface area contributed by atoms with Gasteiger partial charge in [-0.05, 0) is 50.8 Å². The maximum absolute atomic E-state index is 13.3. The number of carbonyl (C=O) groups excluding carboxylic acids is 4. The number of likely N-dealkylation sites (tertiary alicyclic amines) is 1. The van der Waals surface area contributed by atoms with Crippen LogP contribution in [0.25, 0.3) is 0 Å². The average molecular weight is 569 g/mol. The van der Waals surface area contributed by atoms with E-state index in [1.54, 1.807) is 11.8 Å². The second kappa shape index (κ2) is 15.8. The van der Waals surface area contributed by atoms with Crippen molar-refractivity contribution in [1.29, 1.82) is 0 Å². The normalized spacial score (nSPS) is 21.1. The van der Waals surface area contributed by atoms with E-state index < -0.39 is 5.54 Å². The topological polar surface area (TPSA) is 92.8 Å². The van der Waals surface area contributed by atoms with Gasteiger partial charge in [-0.15, -0.1) is 11.8 Å². The molecule has 1 heterocycles. The van der Waals surface area contributed by atoms with E-state index in [0.717, 1.165) is 56.3 Å². The van der Waals surface area contributed by atoms with Gasteiger partial charge in [-0.1, -0.05) is 80.3 Å². The molecule has 3 unspecified atom stereocenters. The highest BCUT2D eigenvalue weighted by atomic mass is 32.2. The first kappa shape index (κ1) is 31.7. The standard InChI is InChI=1S/C32H44N2O5S/c1-32(2,24-17-11-7-5-4-6-8-12-18-24)34-28(35)23-27(30(34)37)40-22-16-10-9-15-21-33-29(36)25-19-13-14-20-26(25)31(38)39-3/h4-8,11-12,17-18,25-27H,9-10,13-16,19-23H2,1-3H3,(H,33,36). The molecule has 3 atom stereocenters. The van der Waals surface area contributed by atoms with Crippen LogP contribution in [-0.4, -0.2) is 53.2 Å². The molecule has 0 radical (unpaired) electrons. The summed E-state index contributed by atoms with van der Waals surface area (Å²) in [5, 5.41) is 2.67. The van der Waals surface area contributed by atoms with Gasteiger partial charge in [-0.25, -0.2) is 0 Å². The summed E-state index contributed by atoms with van der Waals surface area (Å²) in [6, 6.07) is 17.4. The number of imide groups is 1. The number of nitrogens with one attached hydrogen (secondary N) is 1. The Kier molecular flexibility index (Phi) is 12.5. The second-order valence-electron chi connectivity index (χ2n) is 11.1. The minimum atomic E-state index is -0.750. The van der Waals surface area contributed by atoms with Gasteiger partial charge >= 0.3 is 5.97 Å². The van der Waals surface area contributed by atoms with Crippen LogP contribution in [0.4, 0.5) is 0 Å². The van der Waals surface area contributed by atoms with Crippen LogP contribution in [0.2, 0.25) is 0 Å². The summed E-state index contributed by atoms with van der Waals surface area (Å²) in [5.74, 6) is -0.347. The first-order valence-electron chi connectivity index (χ1n) is 14.5. The zero-order chi connectivity index (χ0) is 29.0. The van der Waals surface area contributed by atoms with E-state index in [-0.39, 0.29) is 47.2 Å². The highest BCUT2D eigenvalue weighted by Gasteiger charge is 2.46. The molecule has 0 bridgehead atoms. The molecular formula is C32H44N2O5S. The van der Waals surface area contributed by atoms with Crippen LogP contribution >= 0.6 is 11.8 Å². The van der Waals surface area contributed by atoms with Crippen molar-refractivity contribution in [3.05, 3.63) is 60.2 Å². The zero-order valence-electron chi connectivity index (χ0n) is 24.1. The second-order valence-corrected chi connectivity index (χ2v) is 12.4. The lowest BCUT2D eigenvalue weighted by Crippen LogP contribution is -2.46. The molecule has 1 N–H and O–H groups in total. The van der Waals surface area contributed by atoms with Gasteiger partial charge in [-0.2, -0.15) is 0 Å². The van der Waals surface area contributed by atoms with E-state index in [0.29, 0.717) is 13.0 Å². The monoisotopic (exact) mass is 568 g/mol. The largest absolute Gasteiger partial charge is 0.469 e. The number of ether oxygens (including phenoxy) is 1. The number of hydrogen-bond donors (Lipinski definition) is 1. The summed E-state index contributed by atoms with van der Waals surface area (Å²) < 4.78 is 4.89. The van der Waals surface area contributed by atoms with E-state index in [2.05, 4.69) is 5.32 Å². The fourth-order valence-electron chi connectivity index (χ4n) is 5.58. The SMILES string of the molecule is COC(=O)C1CCCCC1C(=O)NCCCCCCSC1CC(=O)N(C(C)(C)c2ccccccccc2)C1=O. The van der Waals surface area contributed by atoms with Crippen LogP contribution in [0.1, 0.15) is 77.2 Å². The molecule has 7 nitrogen and oxygen atoms in total. The van der Waals surface area contributed by atoms with Gasteiger partial charge in [0.25, 0.3) is 0 Å². The number of rotatable bonds is 12. The molecule has 1 aliphatic heterocycles. The van der Waals surface area contributed by atoms with Crippen molar-refractivity contribution in [2.45, 2.75) is 82.4 Å². The molecule has 1 aromatic carbocycles. The zero-order valence-corrected chi connectivity index (χ0v) is 24.9. The minimum Gasteiger partial charge on any atom is -0.469 e. The summed E-state index contributed by atoms with van der Waals surface area (Å²) in [6.07, 6.45) is 7.41. The molecule has 1 saturated carbocycles. The summed E-state index contributed by atoms with van der Waals surface area (Å²) in [6.45, 7) is 4.45. The van der Waals surface area contributed by atoms with Crippen LogP contribution in [0.5, 0.6) is 0 Å². The molecule has 8 heteroatoms. The lowest BCUT2D eigenvalue weighted by molar-refractivity contribution is -0.152. The van der Waals surface area contributed by atoms with Crippen molar-refractivity contribution in [3.63, 3.8) is 0 Å². The molecule has 3 rings (SSSR count). The molecule has 2 aliphatic rings. The number of methoxy groups -OCH3 is 1. The van der Waals surface area contributed by atoms with Gasteiger partial charge in [0, 0.05) is 13.0 Å². The fourth-order valence-corrected chi connectivity index (χ4v) is 6.74. The first-order chi connectivity index (χ1) is 19.3. The number of esters is 1. The molecule has 1 aromatic rings. The van der Waals surface area contributed by atoms with Crippen molar-refractivity contribution < 1.29 is 23.9 Å². The molecule has 1 saturated heterocycles. The van der Waals surface area contributed by atoms with Gasteiger partial charge in [0.2, 0.25) is 17.7 Å².